The van der Waals surface area contributed by atoms with E-state index in [1.165, 1.54) is 0 Å². The molecule has 3 N–H and O–H groups in total. The van der Waals surface area contributed by atoms with Crippen molar-refractivity contribution < 1.29 is 9.53 Å². The number of carbonyl (C=O) groups excluding carboxylic acids is 1. The van der Waals surface area contributed by atoms with Crippen molar-refractivity contribution in [3.8, 4) is 5.75 Å². The third kappa shape index (κ3) is 3.49. The number of nitrogens with one attached hydrogen (secondary N) is 1. The van der Waals surface area contributed by atoms with Gasteiger partial charge in [-0.15, -0.1) is 5.10 Å². The van der Waals surface area contributed by atoms with E-state index < -0.39 is 0 Å². The van der Waals surface area contributed by atoms with Gasteiger partial charge in [-0.1, -0.05) is 24.4 Å². The molecule has 2 rings (SSSR count). The summed E-state index contributed by atoms with van der Waals surface area (Å²) in [6.07, 6.45) is 0. The zero-order chi connectivity index (χ0) is 15.4. The Labute approximate surface area is 127 Å². The van der Waals surface area contributed by atoms with Crippen molar-refractivity contribution in [3.05, 3.63) is 34.3 Å². The number of hydrogen-bond donors (Lipinski definition) is 2. The van der Waals surface area contributed by atoms with Gasteiger partial charge in [0.25, 0.3) is 5.91 Å². The van der Waals surface area contributed by atoms with Crippen molar-refractivity contribution >= 4 is 23.1 Å². The molecule has 1 aromatic carbocycles. The highest BCUT2D eigenvalue weighted by molar-refractivity contribution is 7.08. The molecule has 1 aromatic heterocycles. The number of rotatable bonds is 5. The van der Waals surface area contributed by atoms with Crippen LogP contribution in [0.15, 0.2) is 18.2 Å². The number of nitrogens with zero attached hydrogens (tertiary/aromatic N) is 2. The third-order valence-electron chi connectivity index (χ3n) is 3.01. The minimum atomic E-state index is -0.164. The Kier molecular flexibility index (Phi) is 4.74. The second-order valence-electron chi connectivity index (χ2n) is 4.90. The summed E-state index contributed by atoms with van der Waals surface area (Å²) in [6, 6.07) is 5.43. The van der Waals surface area contributed by atoms with E-state index in [9.17, 15) is 4.79 Å². The van der Waals surface area contributed by atoms with Crippen molar-refractivity contribution in [2.24, 2.45) is 0 Å². The summed E-state index contributed by atoms with van der Waals surface area (Å²) in [5.74, 6) is 0.628. The highest BCUT2D eigenvalue weighted by Gasteiger charge is 2.18. The molecule has 0 saturated carbocycles. The van der Waals surface area contributed by atoms with Gasteiger partial charge >= 0.3 is 0 Å². The number of benzene rings is 1. The molecule has 0 bridgehead atoms. The van der Waals surface area contributed by atoms with Crippen LogP contribution in [0.1, 0.15) is 40.7 Å². The van der Waals surface area contributed by atoms with Crippen LogP contribution in [0.25, 0.3) is 0 Å². The van der Waals surface area contributed by atoms with Gasteiger partial charge in [0.15, 0.2) is 0 Å². The highest BCUT2D eigenvalue weighted by atomic mass is 32.1. The van der Waals surface area contributed by atoms with Gasteiger partial charge < -0.3 is 15.8 Å². The summed E-state index contributed by atoms with van der Waals surface area (Å²) in [6.45, 7) is 4.36. The molecule has 0 aliphatic carbocycles. The van der Waals surface area contributed by atoms with E-state index >= 15 is 0 Å². The topological polar surface area (TPSA) is 90.1 Å². The van der Waals surface area contributed by atoms with Gasteiger partial charge in [-0.2, -0.15) is 0 Å². The third-order valence-corrected chi connectivity index (χ3v) is 3.75. The Hall–Kier alpha value is -2.15. The largest absolute Gasteiger partial charge is 0.495 e. The fourth-order valence-corrected chi connectivity index (χ4v) is 2.62. The molecule has 1 heterocycles. The molecule has 0 aliphatic rings. The van der Waals surface area contributed by atoms with Crippen LogP contribution >= 0.6 is 11.5 Å². The molecule has 0 radical (unpaired) electrons. The highest BCUT2D eigenvalue weighted by Crippen LogP contribution is 2.22. The summed E-state index contributed by atoms with van der Waals surface area (Å²) in [5.41, 5.74) is 8.02. The molecule has 0 atom stereocenters. The Balaban J connectivity index is 2.04. The predicted octanol–water partition coefficient (Wildman–Crippen LogP) is 2.18. The lowest BCUT2D eigenvalue weighted by atomic mass is 10.1. The lowest BCUT2D eigenvalue weighted by Crippen LogP contribution is -2.23. The quantitative estimate of drug-likeness (QED) is 0.826. The van der Waals surface area contributed by atoms with Crippen molar-refractivity contribution in [2.45, 2.75) is 26.3 Å². The number of amides is 1. The van der Waals surface area contributed by atoms with E-state index in [-0.39, 0.29) is 11.8 Å². The first kappa shape index (κ1) is 15.2. The van der Waals surface area contributed by atoms with Gasteiger partial charge in [0.05, 0.1) is 18.5 Å². The van der Waals surface area contributed by atoms with Crippen LogP contribution in [-0.2, 0) is 6.54 Å². The number of nitrogens with two attached hydrogens (primary N) is 1. The SMILES string of the molecule is COc1ccc(CNC(=O)c2snnc2C(C)C)cc1N. The first-order valence-electron chi connectivity index (χ1n) is 6.55. The molecule has 2 aromatic rings. The van der Waals surface area contributed by atoms with E-state index in [4.69, 9.17) is 10.5 Å². The van der Waals surface area contributed by atoms with Gasteiger partial charge in [-0.25, -0.2) is 0 Å². The van der Waals surface area contributed by atoms with Crippen LogP contribution < -0.4 is 15.8 Å². The maximum Gasteiger partial charge on any atom is 0.265 e. The molecule has 0 saturated heterocycles. The molecular weight excluding hydrogens is 288 g/mol. The normalized spacial score (nSPS) is 10.7. The van der Waals surface area contributed by atoms with Gasteiger partial charge in [-0.05, 0) is 35.1 Å². The van der Waals surface area contributed by atoms with Crippen molar-refractivity contribution in [1.82, 2.24) is 14.9 Å². The van der Waals surface area contributed by atoms with Crippen LogP contribution in [0, 0.1) is 0 Å². The van der Waals surface area contributed by atoms with E-state index in [1.807, 2.05) is 19.9 Å². The zero-order valence-electron chi connectivity index (χ0n) is 12.2. The second kappa shape index (κ2) is 6.53. The van der Waals surface area contributed by atoms with Crippen LogP contribution in [0.2, 0.25) is 0 Å². The van der Waals surface area contributed by atoms with E-state index in [2.05, 4.69) is 14.9 Å². The fraction of sp³-hybridized carbons (Fsp3) is 0.357. The van der Waals surface area contributed by atoms with Gasteiger partial charge in [0.2, 0.25) is 0 Å². The summed E-state index contributed by atoms with van der Waals surface area (Å²) < 4.78 is 8.95. The fourth-order valence-electron chi connectivity index (χ4n) is 1.89. The number of ether oxygens (including phenoxy) is 1. The van der Waals surface area contributed by atoms with Gasteiger partial charge in [0.1, 0.15) is 10.6 Å². The average molecular weight is 306 g/mol. The first-order chi connectivity index (χ1) is 10.0. The van der Waals surface area contributed by atoms with Crippen molar-refractivity contribution in [1.29, 1.82) is 0 Å². The molecule has 112 valence electrons. The maximum atomic E-state index is 12.2. The Morgan fingerprint density at radius 1 is 1.48 bits per heavy atom. The minimum absolute atomic E-state index is 0.164. The number of aromatic nitrogens is 2. The molecule has 0 unspecified atom stereocenters. The molecule has 7 heteroatoms. The molecule has 21 heavy (non-hydrogen) atoms. The molecule has 0 spiro atoms. The van der Waals surface area contributed by atoms with Crippen LogP contribution in [0.4, 0.5) is 5.69 Å². The van der Waals surface area contributed by atoms with E-state index in [0.717, 1.165) is 22.8 Å². The van der Waals surface area contributed by atoms with Crippen molar-refractivity contribution in [2.75, 3.05) is 12.8 Å². The number of carbonyl (C=O) groups is 1. The van der Waals surface area contributed by atoms with Gasteiger partial charge in [0, 0.05) is 6.54 Å². The molecule has 1 amide bonds. The monoisotopic (exact) mass is 306 g/mol. The van der Waals surface area contributed by atoms with E-state index in [0.29, 0.717) is 22.9 Å². The molecular formula is C14H18N4O2S. The van der Waals surface area contributed by atoms with Crippen LogP contribution in [0.3, 0.4) is 0 Å². The summed E-state index contributed by atoms with van der Waals surface area (Å²) in [5, 5.41) is 6.86. The zero-order valence-corrected chi connectivity index (χ0v) is 13.0. The lowest BCUT2D eigenvalue weighted by Gasteiger charge is -2.09. The lowest BCUT2D eigenvalue weighted by molar-refractivity contribution is 0.0953. The maximum absolute atomic E-state index is 12.2. The number of nitrogen functional groups attached to an aromatic ring is 1. The summed E-state index contributed by atoms with van der Waals surface area (Å²) >= 11 is 1.11. The summed E-state index contributed by atoms with van der Waals surface area (Å²) in [7, 11) is 1.57. The molecule has 6 nitrogen and oxygen atoms in total. The van der Waals surface area contributed by atoms with Crippen LogP contribution in [0.5, 0.6) is 5.75 Å². The Bertz CT molecular complexity index is 640. The second-order valence-corrected chi connectivity index (χ2v) is 5.66. The smallest absolute Gasteiger partial charge is 0.265 e. The number of methoxy groups -OCH3 is 1. The summed E-state index contributed by atoms with van der Waals surface area (Å²) in [4.78, 5) is 12.7. The first-order valence-corrected chi connectivity index (χ1v) is 7.33. The number of hydrogen-bond acceptors (Lipinski definition) is 6. The number of anilines is 1. The molecule has 0 fully saturated rings. The van der Waals surface area contributed by atoms with E-state index in [1.54, 1.807) is 19.2 Å². The predicted molar refractivity (Wildman–Crippen MR) is 82.6 cm³/mol. The molecule has 0 aliphatic heterocycles. The minimum Gasteiger partial charge on any atom is -0.495 e. The van der Waals surface area contributed by atoms with Gasteiger partial charge in [-0.3, -0.25) is 4.79 Å². The van der Waals surface area contributed by atoms with Crippen molar-refractivity contribution in [3.63, 3.8) is 0 Å². The Morgan fingerprint density at radius 3 is 2.86 bits per heavy atom. The van der Waals surface area contributed by atoms with Crippen LogP contribution in [-0.4, -0.2) is 22.6 Å². The standard InChI is InChI=1S/C14H18N4O2S/c1-8(2)12-13(21-18-17-12)14(19)16-7-9-4-5-11(20-3)10(15)6-9/h4-6,8H,7,15H2,1-3H3,(H,16,19). The average Bonchev–Trinajstić information content (AvgIpc) is 2.94. The Morgan fingerprint density at radius 2 is 2.24 bits per heavy atom.